The molecule has 2 rings (SSSR count). The fourth-order valence-electron chi connectivity index (χ4n) is 1.90. The number of aryl methyl sites for hydroxylation is 1. The summed E-state index contributed by atoms with van der Waals surface area (Å²) in [5.41, 5.74) is 1.05. The molecule has 0 aliphatic rings. The molecule has 0 saturated carbocycles. The van der Waals surface area contributed by atoms with Crippen molar-refractivity contribution in [1.82, 2.24) is 15.1 Å². The smallest absolute Gasteiger partial charge is 0.0857 e. The molecule has 3 nitrogen and oxygen atoms in total. The third-order valence-electron chi connectivity index (χ3n) is 2.64. The lowest BCUT2D eigenvalue weighted by atomic mass is 10.1. The van der Waals surface area contributed by atoms with E-state index in [1.54, 1.807) is 17.5 Å². The summed E-state index contributed by atoms with van der Waals surface area (Å²) in [5.74, 6) is 0. The maximum atomic E-state index is 6.25. The third-order valence-corrected chi connectivity index (χ3v) is 3.87. The minimum absolute atomic E-state index is 0.134. The lowest BCUT2D eigenvalue weighted by Gasteiger charge is -2.18. The van der Waals surface area contributed by atoms with Gasteiger partial charge >= 0.3 is 0 Å². The van der Waals surface area contributed by atoms with E-state index < -0.39 is 0 Å². The number of aromatic nitrogens is 2. The van der Waals surface area contributed by atoms with E-state index in [0.717, 1.165) is 23.8 Å². The number of nitrogens with one attached hydrogen (secondary N) is 1. The molecule has 1 atom stereocenters. The monoisotopic (exact) mass is 269 g/mol. The quantitative estimate of drug-likeness (QED) is 0.902. The summed E-state index contributed by atoms with van der Waals surface area (Å²) in [5, 5.41) is 10.6. The Morgan fingerprint density at radius 2 is 2.35 bits per heavy atom. The van der Waals surface area contributed by atoms with E-state index in [4.69, 9.17) is 11.6 Å². The van der Waals surface area contributed by atoms with Gasteiger partial charge in [0.15, 0.2) is 0 Å². The first-order valence-corrected chi connectivity index (χ1v) is 7.01. The lowest BCUT2D eigenvalue weighted by Crippen LogP contribution is -2.24. The van der Waals surface area contributed by atoms with Crippen molar-refractivity contribution in [3.63, 3.8) is 0 Å². The Kier molecular flexibility index (Phi) is 4.20. The highest BCUT2D eigenvalue weighted by molar-refractivity contribution is 7.10. The number of rotatable bonds is 5. The molecule has 17 heavy (non-hydrogen) atoms. The average Bonchev–Trinajstić information content (AvgIpc) is 2.95. The Morgan fingerprint density at radius 3 is 2.94 bits per heavy atom. The van der Waals surface area contributed by atoms with Crippen molar-refractivity contribution < 1.29 is 0 Å². The van der Waals surface area contributed by atoms with Gasteiger partial charge in [-0.3, -0.25) is 4.68 Å². The maximum Gasteiger partial charge on any atom is 0.0857 e. The lowest BCUT2D eigenvalue weighted by molar-refractivity contribution is 0.547. The molecule has 92 valence electrons. The Labute approximate surface area is 110 Å². The fourth-order valence-corrected chi connectivity index (χ4v) is 2.96. The molecule has 0 aliphatic heterocycles. The molecule has 2 aromatic heterocycles. The number of halogens is 1. The zero-order valence-corrected chi connectivity index (χ0v) is 11.6. The van der Waals surface area contributed by atoms with Crippen LogP contribution in [0.4, 0.5) is 0 Å². The van der Waals surface area contributed by atoms with Gasteiger partial charge < -0.3 is 5.32 Å². The first kappa shape index (κ1) is 12.6. The van der Waals surface area contributed by atoms with Gasteiger partial charge in [0.1, 0.15) is 0 Å². The standard InChI is InChI=1S/C12H16ClN3S/c1-3-14-11(10-6-5-7-17-10)12-9(13)8-15-16(12)4-2/h5-8,11,14H,3-4H2,1-2H3. The molecule has 0 spiro atoms. The molecule has 0 aromatic carbocycles. The minimum atomic E-state index is 0.134. The van der Waals surface area contributed by atoms with Crippen LogP contribution in [0.2, 0.25) is 5.02 Å². The zero-order chi connectivity index (χ0) is 12.3. The summed E-state index contributed by atoms with van der Waals surface area (Å²) in [4.78, 5) is 1.27. The Bertz CT molecular complexity index is 464. The van der Waals surface area contributed by atoms with E-state index in [9.17, 15) is 0 Å². The molecule has 0 fully saturated rings. The van der Waals surface area contributed by atoms with Crippen LogP contribution < -0.4 is 5.32 Å². The molecule has 0 bridgehead atoms. The summed E-state index contributed by atoms with van der Waals surface area (Å²) in [6.45, 7) is 5.90. The average molecular weight is 270 g/mol. The summed E-state index contributed by atoms with van der Waals surface area (Å²) in [6, 6.07) is 4.32. The van der Waals surface area contributed by atoms with Crippen LogP contribution in [0.1, 0.15) is 30.5 Å². The highest BCUT2D eigenvalue weighted by Crippen LogP contribution is 2.30. The minimum Gasteiger partial charge on any atom is -0.305 e. The molecule has 0 amide bonds. The number of thiophene rings is 1. The van der Waals surface area contributed by atoms with Crippen molar-refractivity contribution >= 4 is 22.9 Å². The van der Waals surface area contributed by atoms with Crippen molar-refractivity contribution in [3.05, 3.63) is 39.3 Å². The van der Waals surface area contributed by atoms with Crippen molar-refractivity contribution in [2.75, 3.05) is 6.54 Å². The van der Waals surface area contributed by atoms with Crippen LogP contribution in [0.15, 0.2) is 23.7 Å². The Balaban J connectivity index is 2.42. The molecule has 0 radical (unpaired) electrons. The molecule has 0 saturated heterocycles. The van der Waals surface area contributed by atoms with E-state index in [2.05, 4.69) is 41.8 Å². The van der Waals surface area contributed by atoms with E-state index in [0.29, 0.717) is 0 Å². The van der Waals surface area contributed by atoms with E-state index >= 15 is 0 Å². The van der Waals surface area contributed by atoms with Gasteiger partial charge in [-0.15, -0.1) is 11.3 Å². The Hall–Kier alpha value is -0.840. The van der Waals surface area contributed by atoms with Gasteiger partial charge in [0.25, 0.3) is 0 Å². The summed E-state index contributed by atoms with van der Waals surface area (Å²) >= 11 is 7.99. The molecular formula is C12H16ClN3S. The van der Waals surface area contributed by atoms with Gasteiger partial charge in [-0.25, -0.2) is 0 Å². The number of hydrogen-bond donors (Lipinski definition) is 1. The Morgan fingerprint density at radius 1 is 1.53 bits per heavy atom. The van der Waals surface area contributed by atoms with E-state index in [1.165, 1.54) is 4.88 Å². The molecule has 1 unspecified atom stereocenters. The summed E-state index contributed by atoms with van der Waals surface area (Å²) in [7, 11) is 0. The fraction of sp³-hybridized carbons (Fsp3) is 0.417. The molecule has 5 heteroatoms. The molecule has 2 heterocycles. The van der Waals surface area contributed by atoms with Gasteiger partial charge in [0.05, 0.1) is 23.0 Å². The third kappa shape index (κ3) is 2.54. The van der Waals surface area contributed by atoms with Crippen molar-refractivity contribution in [1.29, 1.82) is 0 Å². The molecular weight excluding hydrogens is 254 g/mol. The largest absolute Gasteiger partial charge is 0.305 e. The summed E-state index contributed by atoms with van der Waals surface area (Å²) < 4.78 is 1.95. The van der Waals surface area contributed by atoms with Crippen LogP contribution in [0, 0.1) is 0 Å². The molecule has 2 aromatic rings. The first-order chi connectivity index (χ1) is 8.27. The van der Waals surface area contributed by atoms with E-state index in [-0.39, 0.29) is 6.04 Å². The van der Waals surface area contributed by atoms with Gasteiger partial charge in [-0.05, 0) is 24.9 Å². The van der Waals surface area contributed by atoms with Gasteiger partial charge in [0.2, 0.25) is 0 Å². The van der Waals surface area contributed by atoms with Crippen LogP contribution in [-0.4, -0.2) is 16.3 Å². The molecule has 0 aliphatic carbocycles. The zero-order valence-electron chi connectivity index (χ0n) is 9.98. The van der Waals surface area contributed by atoms with Crippen LogP contribution >= 0.6 is 22.9 Å². The first-order valence-electron chi connectivity index (χ1n) is 5.75. The van der Waals surface area contributed by atoms with Crippen molar-refractivity contribution in [2.24, 2.45) is 0 Å². The predicted molar refractivity (Wildman–Crippen MR) is 72.7 cm³/mol. The highest BCUT2D eigenvalue weighted by Gasteiger charge is 2.21. The topological polar surface area (TPSA) is 29.9 Å². The van der Waals surface area contributed by atoms with Crippen molar-refractivity contribution in [2.45, 2.75) is 26.4 Å². The normalized spacial score (nSPS) is 12.9. The van der Waals surface area contributed by atoms with Crippen molar-refractivity contribution in [3.8, 4) is 0 Å². The van der Waals surface area contributed by atoms with Gasteiger partial charge in [0, 0.05) is 11.4 Å². The van der Waals surface area contributed by atoms with Crippen LogP contribution in [0.25, 0.3) is 0 Å². The summed E-state index contributed by atoms with van der Waals surface area (Å²) in [6.07, 6.45) is 1.72. The van der Waals surface area contributed by atoms with Crippen LogP contribution in [0.5, 0.6) is 0 Å². The second kappa shape index (κ2) is 5.67. The van der Waals surface area contributed by atoms with Crippen LogP contribution in [0.3, 0.4) is 0 Å². The SMILES string of the molecule is CCNC(c1cccs1)c1c(Cl)cnn1CC. The predicted octanol–water partition coefficient (Wildman–Crippen LogP) is 3.32. The van der Waals surface area contributed by atoms with Gasteiger partial charge in [-0.1, -0.05) is 24.6 Å². The van der Waals surface area contributed by atoms with E-state index in [1.807, 2.05) is 4.68 Å². The van der Waals surface area contributed by atoms with Gasteiger partial charge in [-0.2, -0.15) is 5.10 Å². The number of hydrogen-bond acceptors (Lipinski definition) is 3. The highest BCUT2D eigenvalue weighted by atomic mass is 35.5. The number of nitrogens with zero attached hydrogens (tertiary/aromatic N) is 2. The second-order valence-electron chi connectivity index (χ2n) is 3.70. The van der Waals surface area contributed by atoms with Crippen LogP contribution in [-0.2, 0) is 6.54 Å². The molecule has 1 N–H and O–H groups in total. The second-order valence-corrected chi connectivity index (χ2v) is 5.09. The maximum absolute atomic E-state index is 6.25.